The lowest BCUT2D eigenvalue weighted by molar-refractivity contribution is -0.383. The maximum absolute atomic E-state index is 14.2. The van der Waals surface area contributed by atoms with Crippen molar-refractivity contribution < 1.29 is 9.31 Å². The Morgan fingerprint density at radius 2 is 2.19 bits per heavy atom. The summed E-state index contributed by atoms with van der Waals surface area (Å²) in [6.07, 6.45) is 6.24. The molecule has 110 valence electrons. The van der Waals surface area contributed by atoms with Gasteiger partial charge in [0.1, 0.15) is 5.52 Å². The molecule has 21 heavy (non-hydrogen) atoms. The second-order valence-corrected chi connectivity index (χ2v) is 5.44. The van der Waals surface area contributed by atoms with Gasteiger partial charge in [0, 0.05) is 12.7 Å². The summed E-state index contributed by atoms with van der Waals surface area (Å²) in [5, 5.41) is 14.5. The number of pyridine rings is 1. The quantitative estimate of drug-likeness (QED) is 0.685. The van der Waals surface area contributed by atoms with Crippen molar-refractivity contribution in [1.82, 2.24) is 4.98 Å². The van der Waals surface area contributed by atoms with Crippen LogP contribution in [0.1, 0.15) is 25.7 Å². The summed E-state index contributed by atoms with van der Waals surface area (Å²) in [6, 6.07) is 4.19. The molecule has 5 nitrogen and oxygen atoms in total. The Balaban J connectivity index is 1.99. The van der Waals surface area contributed by atoms with E-state index in [9.17, 15) is 14.5 Å². The van der Waals surface area contributed by atoms with E-state index >= 15 is 0 Å². The van der Waals surface area contributed by atoms with Gasteiger partial charge in [-0.2, -0.15) is 0 Å². The van der Waals surface area contributed by atoms with E-state index in [-0.39, 0.29) is 11.4 Å². The number of nitrogens with zero attached hydrogens (tertiary/aromatic N) is 2. The second-order valence-electron chi connectivity index (χ2n) is 5.44. The van der Waals surface area contributed by atoms with E-state index in [0.717, 1.165) is 18.9 Å². The predicted octanol–water partition coefficient (Wildman–Crippen LogP) is 3.88. The van der Waals surface area contributed by atoms with Gasteiger partial charge in [0.25, 0.3) is 5.69 Å². The van der Waals surface area contributed by atoms with Gasteiger partial charge in [0.15, 0.2) is 5.82 Å². The number of anilines is 1. The van der Waals surface area contributed by atoms with Gasteiger partial charge in [-0.05, 0) is 30.9 Å². The number of non-ortho nitro benzene ring substituents is 1. The van der Waals surface area contributed by atoms with Crippen LogP contribution in [0.15, 0.2) is 24.4 Å². The smallest absolute Gasteiger partial charge is 0.281 e. The number of nitrogens with one attached hydrogen (secondary N) is 1. The molecule has 0 amide bonds. The number of halogens is 1. The minimum absolute atomic E-state index is 0.248. The zero-order valence-electron chi connectivity index (χ0n) is 11.5. The fourth-order valence-corrected chi connectivity index (χ4v) is 2.97. The lowest BCUT2D eigenvalue weighted by atomic mass is 10.1. The Kier molecular flexibility index (Phi) is 3.68. The summed E-state index contributed by atoms with van der Waals surface area (Å²) in [5.41, 5.74) is 0.340. The molecule has 1 aromatic carbocycles. The highest BCUT2D eigenvalue weighted by Crippen LogP contribution is 2.33. The number of nitro benzene ring substituents is 1. The molecule has 1 aliphatic carbocycles. The molecule has 1 fully saturated rings. The first-order chi connectivity index (χ1) is 10.2. The van der Waals surface area contributed by atoms with Gasteiger partial charge >= 0.3 is 0 Å². The van der Waals surface area contributed by atoms with Gasteiger partial charge in [0.2, 0.25) is 0 Å². The van der Waals surface area contributed by atoms with Gasteiger partial charge in [-0.1, -0.05) is 12.8 Å². The average molecular weight is 289 g/mol. The maximum Gasteiger partial charge on any atom is 0.281 e. The van der Waals surface area contributed by atoms with E-state index in [0.29, 0.717) is 23.4 Å². The number of nitro groups is 1. The Labute approximate surface area is 121 Å². The summed E-state index contributed by atoms with van der Waals surface area (Å²) in [5.74, 6) is -0.0794. The standard InChI is InChI=1S/C15H16FN3O2/c16-12-8-13(19(20)21)11-6-3-7-17-14(11)15(12)18-9-10-4-1-2-5-10/h3,6-8,10,18H,1-2,4-5,9H2. The highest BCUT2D eigenvalue weighted by molar-refractivity contribution is 5.97. The number of rotatable bonds is 4. The lowest BCUT2D eigenvalue weighted by Crippen LogP contribution is -2.12. The van der Waals surface area contributed by atoms with Crippen LogP contribution in [0.5, 0.6) is 0 Å². The third kappa shape index (κ3) is 2.66. The van der Waals surface area contributed by atoms with Crippen LogP contribution >= 0.6 is 0 Å². The highest BCUT2D eigenvalue weighted by Gasteiger charge is 2.21. The zero-order valence-corrected chi connectivity index (χ0v) is 11.5. The fraction of sp³-hybridized carbons (Fsp3) is 0.400. The number of hydrogen-bond donors (Lipinski definition) is 1. The number of hydrogen-bond acceptors (Lipinski definition) is 4. The van der Waals surface area contributed by atoms with E-state index in [4.69, 9.17) is 0 Å². The maximum atomic E-state index is 14.2. The van der Waals surface area contributed by atoms with Gasteiger partial charge in [-0.3, -0.25) is 15.1 Å². The fourth-order valence-electron chi connectivity index (χ4n) is 2.97. The van der Waals surface area contributed by atoms with E-state index in [2.05, 4.69) is 10.3 Å². The van der Waals surface area contributed by atoms with Crippen molar-refractivity contribution in [2.75, 3.05) is 11.9 Å². The molecule has 3 rings (SSSR count). The first-order valence-electron chi connectivity index (χ1n) is 7.12. The van der Waals surface area contributed by atoms with Crippen LogP contribution in [0.25, 0.3) is 10.9 Å². The van der Waals surface area contributed by atoms with Gasteiger partial charge in [-0.25, -0.2) is 4.39 Å². The van der Waals surface area contributed by atoms with E-state index < -0.39 is 10.7 Å². The van der Waals surface area contributed by atoms with Crippen molar-refractivity contribution in [3.8, 4) is 0 Å². The summed E-state index contributed by atoms with van der Waals surface area (Å²) < 4.78 is 14.2. The molecule has 0 aliphatic heterocycles. The zero-order chi connectivity index (χ0) is 14.8. The molecule has 1 saturated carbocycles. The van der Waals surface area contributed by atoms with Crippen molar-refractivity contribution in [2.24, 2.45) is 5.92 Å². The molecule has 1 heterocycles. The number of benzene rings is 1. The molecule has 0 radical (unpaired) electrons. The normalized spacial score (nSPS) is 15.5. The van der Waals surface area contributed by atoms with Crippen LogP contribution in [0.3, 0.4) is 0 Å². The molecule has 0 unspecified atom stereocenters. The summed E-state index contributed by atoms with van der Waals surface area (Å²) >= 11 is 0. The molecule has 6 heteroatoms. The van der Waals surface area contributed by atoms with E-state index in [1.807, 2.05) is 0 Å². The molecule has 0 bridgehead atoms. The summed E-state index contributed by atoms with van der Waals surface area (Å²) in [6.45, 7) is 0.681. The third-order valence-electron chi connectivity index (χ3n) is 4.06. The Morgan fingerprint density at radius 3 is 2.90 bits per heavy atom. The molecule has 2 aromatic rings. The molecular formula is C15H16FN3O2. The summed E-state index contributed by atoms with van der Waals surface area (Å²) in [7, 11) is 0. The molecule has 1 aliphatic rings. The Hall–Kier alpha value is -2.24. The molecule has 1 aromatic heterocycles. The molecule has 0 spiro atoms. The summed E-state index contributed by atoms with van der Waals surface area (Å²) in [4.78, 5) is 14.6. The van der Waals surface area contributed by atoms with E-state index in [1.54, 1.807) is 12.1 Å². The first-order valence-corrected chi connectivity index (χ1v) is 7.12. The minimum Gasteiger partial charge on any atom is -0.381 e. The van der Waals surface area contributed by atoms with Crippen LogP contribution in [0.4, 0.5) is 15.8 Å². The second kappa shape index (κ2) is 5.63. The van der Waals surface area contributed by atoms with Crippen molar-refractivity contribution in [3.05, 3.63) is 40.3 Å². The Bertz CT molecular complexity index is 684. The predicted molar refractivity (Wildman–Crippen MR) is 78.8 cm³/mol. The molecule has 1 N–H and O–H groups in total. The van der Waals surface area contributed by atoms with Crippen LogP contribution in [-0.4, -0.2) is 16.5 Å². The SMILES string of the molecule is O=[N+]([O-])c1cc(F)c(NCC2CCCC2)c2ncccc12. The third-order valence-corrected chi connectivity index (χ3v) is 4.06. The van der Waals surface area contributed by atoms with E-state index in [1.165, 1.54) is 19.0 Å². The Morgan fingerprint density at radius 1 is 1.43 bits per heavy atom. The monoisotopic (exact) mass is 289 g/mol. The van der Waals surface area contributed by atoms with Crippen molar-refractivity contribution in [2.45, 2.75) is 25.7 Å². The highest BCUT2D eigenvalue weighted by atomic mass is 19.1. The largest absolute Gasteiger partial charge is 0.381 e. The van der Waals surface area contributed by atoms with Crippen LogP contribution in [0, 0.1) is 21.8 Å². The average Bonchev–Trinajstić information content (AvgIpc) is 2.98. The van der Waals surface area contributed by atoms with Gasteiger partial charge < -0.3 is 5.32 Å². The molecular weight excluding hydrogens is 273 g/mol. The van der Waals surface area contributed by atoms with Crippen molar-refractivity contribution in [3.63, 3.8) is 0 Å². The van der Waals surface area contributed by atoms with Crippen molar-refractivity contribution >= 4 is 22.3 Å². The number of fused-ring (bicyclic) bond motifs is 1. The minimum atomic E-state index is -0.620. The first kappa shape index (κ1) is 13.7. The number of aromatic nitrogens is 1. The van der Waals surface area contributed by atoms with Gasteiger partial charge in [-0.15, -0.1) is 0 Å². The van der Waals surface area contributed by atoms with Crippen LogP contribution in [-0.2, 0) is 0 Å². The lowest BCUT2D eigenvalue weighted by Gasteiger charge is -2.14. The van der Waals surface area contributed by atoms with Crippen LogP contribution < -0.4 is 5.32 Å². The molecule has 0 saturated heterocycles. The van der Waals surface area contributed by atoms with Crippen molar-refractivity contribution in [1.29, 1.82) is 0 Å². The topological polar surface area (TPSA) is 68.1 Å². The van der Waals surface area contributed by atoms with Gasteiger partial charge in [0.05, 0.1) is 22.1 Å². The molecule has 0 atom stereocenters. The van der Waals surface area contributed by atoms with Crippen LogP contribution in [0.2, 0.25) is 0 Å².